The Bertz CT molecular complexity index is 456. The van der Waals surface area contributed by atoms with Gasteiger partial charge in [-0.1, -0.05) is 0 Å². The van der Waals surface area contributed by atoms with Crippen LogP contribution >= 0.6 is 0 Å². The number of carbonyl (C=O) groups is 2. The summed E-state index contributed by atoms with van der Waals surface area (Å²) in [6.07, 6.45) is 3.65. The van der Waals surface area contributed by atoms with Gasteiger partial charge in [0, 0.05) is 19.7 Å². The van der Waals surface area contributed by atoms with E-state index in [9.17, 15) is 9.59 Å². The van der Waals surface area contributed by atoms with E-state index in [-0.39, 0.29) is 25.0 Å². The molecule has 0 spiro atoms. The third-order valence-electron chi connectivity index (χ3n) is 2.54. The van der Waals surface area contributed by atoms with Crippen LogP contribution in [0.5, 0.6) is 0 Å². The molecule has 1 atom stereocenters. The molecule has 0 unspecified atom stereocenters. The SMILES string of the molecule is COC(=O)[C@H](Cc1cn(C)cn1)NC(=O)COC(C)C. The molecule has 0 fully saturated rings. The Morgan fingerprint density at radius 2 is 2.15 bits per heavy atom. The van der Waals surface area contributed by atoms with Crippen molar-refractivity contribution in [3.05, 3.63) is 18.2 Å². The first-order chi connectivity index (χ1) is 9.42. The molecule has 1 heterocycles. The molecule has 0 saturated carbocycles. The predicted octanol–water partition coefficient (Wildman–Crippen LogP) is 0.0454. The molecule has 1 aromatic heterocycles. The summed E-state index contributed by atoms with van der Waals surface area (Å²) in [5.41, 5.74) is 0.702. The molecule has 112 valence electrons. The zero-order chi connectivity index (χ0) is 15.1. The topological polar surface area (TPSA) is 82.5 Å². The van der Waals surface area contributed by atoms with E-state index in [1.54, 1.807) is 17.1 Å². The van der Waals surface area contributed by atoms with Crippen molar-refractivity contribution in [2.45, 2.75) is 32.4 Å². The number of aromatic nitrogens is 2. The van der Waals surface area contributed by atoms with Crippen LogP contribution < -0.4 is 5.32 Å². The fourth-order valence-electron chi connectivity index (χ4n) is 1.60. The van der Waals surface area contributed by atoms with Crippen LogP contribution in [0.2, 0.25) is 0 Å². The van der Waals surface area contributed by atoms with Crippen molar-refractivity contribution in [2.75, 3.05) is 13.7 Å². The Morgan fingerprint density at radius 1 is 1.45 bits per heavy atom. The number of imidazole rings is 1. The summed E-state index contributed by atoms with van der Waals surface area (Å²) in [5, 5.41) is 2.59. The summed E-state index contributed by atoms with van der Waals surface area (Å²) < 4.78 is 11.6. The van der Waals surface area contributed by atoms with Crippen LogP contribution in [0.1, 0.15) is 19.5 Å². The number of nitrogens with one attached hydrogen (secondary N) is 1. The Hall–Kier alpha value is -1.89. The van der Waals surface area contributed by atoms with E-state index in [1.165, 1.54) is 7.11 Å². The van der Waals surface area contributed by atoms with E-state index in [1.807, 2.05) is 20.9 Å². The summed E-state index contributed by atoms with van der Waals surface area (Å²) >= 11 is 0. The van der Waals surface area contributed by atoms with Gasteiger partial charge in [0.2, 0.25) is 5.91 Å². The predicted molar refractivity (Wildman–Crippen MR) is 71.9 cm³/mol. The average Bonchev–Trinajstić information content (AvgIpc) is 2.80. The number of methoxy groups -OCH3 is 1. The normalized spacial score (nSPS) is 12.2. The lowest BCUT2D eigenvalue weighted by atomic mass is 10.1. The molecular weight excluding hydrogens is 262 g/mol. The van der Waals surface area contributed by atoms with Crippen LogP contribution in [-0.4, -0.2) is 47.3 Å². The maximum Gasteiger partial charge on any atom is 0.328 e. The van der Waals surface area contributed by atoms with Crippen LogP contribution in [0.25, 0.3) is 0 Å². The molecule has 0 aliphatic rings. The monoisotopic (exact) mass is 283 g/mol. The van der Waals surface area contributed by atoms with Gasteiger partial charge in [-0.15, -0.1) is 0 Å². The first kappa shape index (κ1) is 16.2. The van der Waals surface area contributed by atoms with Gasteiger partial charge in [-0.25, -0.2) is 9.78 Å². The molecule has 1 aromatic rings. The number of aryl methyl sites for hydroxylation is 1. The number of nitrogens with zero attached hydrogens (tertiary/aromatic N) is 2. The fraction of sp³-hybridized carbons (Fsp3) is 0.615. The van der Waals surface area contributed by atoms with Crippen molar-refractivity contribution in [1.29, 1.82) is 0 Å². The molecule has 7 nitrogen and oxygen atoms in total. The van der Waals surface area contributed by atoms with Gasteiger partial charge in [-0.05, 0) is 13.8 Å². The van der Waals surface area contributed by atoms with Crippen LogP contribution in [0, 0.1) is 0 Å². The quantitative estimate of drug-likeness (QED) is 0.715. The molecule has 1 rings (SSSR count). The van der Waals surface area contributed by atoms with Gasteiger partial charge in [0.15, 0.2) is 0 Å². The maximum absolute atomic E-state index is 11.7. The minimum atomic E-state index is -0.766. The van der Waals surface area contributed by atoms with E-state index in [0.29, 0.717) is 5.69 Å². The van der Waals surface area contributed by atoms with E-state index < -0.39 is 12.0 Å². The average molecular weight is 283 g/mol. The third kappa shape index (κ3) is 5.40. The molecule has 0 aliphatic carbocycles. The Labute approximate surface area is 118 Å². The first-order valence-corrected chi connectivity index (χ1v) is 6.38. The lowest BCUT2D eigenvalue weighted by Crippen LogP contribution is -2.44. The third-order valence-corrected chi connectivity index (χ3v) is 2.54. The van der Waals surface area contributed by atoms with Gasteiger partial charge < -0.3 is 19.4 Å². The van der Waals surface area contributed by atoms with Gasteiger partial charge in [0.05, 0.1) is 25.2 Å². The minimum Gasteiger partial charge on any atom is -0.467 e. The lowest BCUT2D eigenvalue weighted by molar-refractivity contribution is -0.145. The highest BCUT2D eigenvalue weighted by Crippen LogP contribution is 2.02. The second kappa shape index (κ2) is 7.64. The van der Waals surface area contributed by atoms with Gasteiger partial charge in [0.25, 0.3) is 0 Å². The summed E-state index contributed by atoms with van der Waals surface area (Å²) in [6.45, 7) is 3.57. The number of rotatable bonds is 7. The Morgan fingerprint density at radius 3 is 2.65 bits per heavy atom. The van der Waals surface area contributed by atoms with Crippen molar-refractivity contribution < 1.29 is 19.1 Å². The summed E-state index contributed by atoms with van der Waals surface area (Å²) in [7, 11) is 3.11. The summed E-state index contributed by atoms with van der Waals surface area (Å²) in [4.78, 5) is 27.5. The van der Waals surface area contributed by atoms with E-state index in [2.05, 4.69) is 15.0 Å². The molecular formula is C13H21N3O4. The van der Waals surface area contributed by atoms with Crippen molar-refractivity contribution in [2.24, 2.45) is 7.05 Å². The standard InChI is InChI=1S/C13H21N3O4/c1-9(2)20-7-12(17)15-11(13(18)19-4)5-10-6-16(3)8-14-10/h6,8-9,11H,5,7H2,1-4H3,(H,15,17)/t11-/m0/s1. The molecule has 0 radical (unpaired) electrons. The number of ether oxygens (including phenoxy) is 2. The number of hydrogen-bond acceptors (Lipinski definition) is 5. The van der Waals surface area contributed by atoms with E-state index >= 15 is 0 Å². The Balaban J connectivity index is 2.60. The first-order valence-electron chi connectivity index (χ1n) is 6.38. The molecule has 1 N–H and O–H groups in total. The highest BCUT2D eigenvalue weighted by molar-refractivity contribution is 5.85. The van der Waals surface area contributed by atoms with Gasteiger partial charge in [-0.3, -0.25) is 4.79 Å². The number of esters is 1. The highest BCUT2D eigenvalue weighted by Gasteiger charge is 2.23. The molecule has 0 aliphatic heterocycles. The zero-order valence-electron chi connectivity index (χ0n) is 12.3. The van der Waals surface area contributed by atoms with E-state index in [4.69, 9.17) is 4.74 Å². The Kier molecular flexibility index (Phi) is 6.17. The molecule has 0 aromatic carbocycles. The second-order valence-electron chi connectivity index (χ2n) is 4.74. The lowest BCUT2D eigenvalue weighted by Gasteiger charge is -2.16. The van der Waals surface area contributed by atoms with Crippen molar-refractivity contribution >= 4 is 11.9 Å². The number of hydrogen-bond donors (Lipinski definition) is 1. The fourth-order valence-corrected chi connectivity index (χ4v) is 1.60. The van der Waals surface area contributed by atoms with Crippen molar-refractivity contribution in [1.82, 2.24) is 14.9 Å². The smallest absolute Gasteiger partial charge is 0.328 e. The van der Waals surface area contributed by atoms with Crippen LogP contribution in [0.4, 0.5) is 0 Å². The van der Waals surface area contributed by atoms with Gasteiger partial charge in [0.1, 0.15) is 12.6 Å². The molecule has 0 bridgehead atoms. The number of carbonyl (C=O) groups excluding carboxylic acids is 2. The highest BCUT2D eigenvalue weighted by atomic mass is 16.5. The molecule has 7 heteroatoms. The van der Waals surface area contributed by atoms with Gasteiger partial charge >= 0.3 is 5.97 Å². The molecule has 0 saturated heterocycles. The van der Waals surface area contributed by atoms with Crippen LogP contribution in [0.15, 0.2) is 12.5 Å². The maximum atomic E-state index is 11.7. The van der Waals surface area contributed by atoms with E-state index in [0.717, 1.165) is 0 Å². The van der Waals surface area contributed by atoms with Gasteiger partial charge in [-0.2, -0.15) is 0 Å². The summed E-state index contributed by atoms with van der Waals surface area (Å²) in [6, 6.07) is -0.766. The molecule has 1 amide bonds. The van der Waals surface area contributed by atoms with Crippen LogP contribution in [-0.2, 0) is 32.5 Å². The zero-order valence-corrected chi connectivity index (χ0v) is 12.3. The van der Waals surface area contributed by atoms with Crippen molar-refractivity contribution in [3.8, 4) is 0 Å². The summed E-state index contributed by atoms with van der Waals surface area (Å²) in [5.74, 6) is -0.862. The largest absolute Gasteiger partial charge is 0.467 e. The second-order valence-corrected chi connectivity index (χ2v) is 4.74. The molecule has 20 heavy (non-hydrogen) atoms. The minimum absolute atomic E-state index is 0.0480. The van der Waals surface area contributed by atoms with Crippen LogP contribution in [0.3, 0.4) is 0 Å². The number of amides is 1. The van der Waals surface area contributed by atoms with Crippen molar-refractivity contribution in [3.63, 3.8) is 0 Å².